The lowest BCUT2D eigenvalue weighted by atomic mass is 9.80. The van der Waals surface area contributed by atoms with Crippen LogP contribution < -0.4 is 10.6 Å². The number of hydrogen-bond donors (Lipinski definition) is 2. The van der Waals surface area contributed by atoms with Crippen molar-refractivity contribution < 1.29 is 9.32 Å². The largest absolute Gasteiger partial charge is 0.343 e. The van der Waals surface area contributed by atoms with Gasteiger partial charge in [0.2, 0.25) is 11.8 Å². The minimum Gasteiger partial charge on any atom is -0.343 e. The highest BCUT2D eigenvalue weighted by Gasteiger charge is 2.39. The summed E-state index contributed by atoms with van der Waals surface area (Å²) in [7, 11) is 0. The average molecular weight is 320 g/mol. The summed E-state index contributed by atoms with van der Waals surface area (Å²) in [6.07, 6.45) is 9.17. The van der Waals surface area contributed by atoms with Crippen molar-refractivity contribution in [3.8, 4) is 0 Å². The standard InChI is InChI=1S/C17H28N4O2/c1-13-19-16(21-23-13)17(9-3-2-4-10-17)20-15(22)6-5-14-7-11-18-12-8-14/h14,18H,2-12H2,1H3,(H,20,22). The van der Waals surface area contributed by atoms with E-state index in [1.54, 1.807) is 6.92 Å². The first-order valence-corrected chi connectivity index (χ1v) is 9.00. The molecule has 2 fully saturated rings. The van der Waals surface area contributed by atoms with Crippen molar-refractivity contribution in [3.63, 3.8) is 0 Å². The van der Waals surface area contributed by atoms with E-state index in [4.69, 9.17) is 4.52 Å². The SMILES string of the molecule is Cc1nc(C2(NC(=O)CCC3CCNCC3)CCCCC2)no1. The van der Waals surface area contributed by atoms with E-state index in [-0.39, 0.29) is 5.91 Å². The predicted molar refractivity (Wildman–Crippen MR) is 86.8 cm³/mol. The van der Waals surface area contributed by atoms with Crippen molar-refractivity contribution in [1.82, 2.24) is 20.8 Å². The van der Waals surface area contributed by atoms with Gasteiger partial charge in [0.1, 0.15) is 5.54 Å². The van der Waals surface area contributed by atoms with E-state index in [1.807, 2.05) is 0 Å². The first-order chi connectivity index (χ1) is 11.2. The predicted octanol–water partition coefficient (Wildman–Crippen LogP) is 2.43. The Kier molecular flexibility index (Phi) is 5.30. The molecule has 1 saturated carbocycles. The Morgan fingerprint density at radius 2 is 2.04 bits per heavy atom. The Morgan fingerprint density at radius 3 is 2.70 bits per heavy atom. The highest BCUT2D eigenvalue weighted by molar-refractivity contribution is 5.76. The van der Waals surface area contributed by atoms with E-state index in [1.165, 1.54) is 19.3 Å². The molecule has 1 aromatic rings. The molecule has 0 radical (unpaired) electrons. The lowest BCUT2D eigenvalue weighted by Gasteiger charge is -2.35. The maximum Gasteiger partial charge on any atom is 0.223 e. The van der Waals surface area contributed by atoms with Crippen molar-refractivity contribution in [2.24, 2.45) is 5.92 Å². The molecule has 1 amide bonds. The first kappa shape index (κ1) is 16.4. The van der Waals surface area contributed by atoms with Crippen molar-refractivity contribution >= 4 is 5.91 Å². The molecule has 6 nitrogen and oxygen atoms in total. The third-order valence-electron chi connectivity index (χ3n) is 5.28. The van der Waals surface area contributed by atoms with Gasteiger partial charge in [0, 0.05) is 13.3 Å². The summed E-state index contributed by atoms with van der Waals surface area (Å²) in [5.74, 6) is 2.03. The number of aryl methyl sites for hydroxylation is 1. The molecule has 128 valence electrons. The molecule has 1 saturated heterocycles. The molecule has 23 heavy (non-hydrogen) atoms. The fourth-order valence-electron chi connectivity index (χ4n) is 3.89. The molecular weight excluding hydrogens is 292 g/mol. The zero-order valence-electron chi connectivity index (χ0n) is 14.1. The number of nitrogens with zero attached hydrogens (tertiary/aromatic N) is 2. The van der Waals surface area contributed by atoms with Gasteiger partial charge in [-0.25, -0.2) is 0 Å². The Bertz CT molecular complexity index is 516. The van der Waals surface area contributed by atoms with Crippen molar-refractivity contribution in [2.45, 2.75) is 70.3 Å². The monoisotopic (exact) mass is 320 g/mol. The van der Waals surface area contributed by atoms with Crippen molar-refractivity contribution in [2.75, 3.05) is 13.1 Å². The first-order valence-electron chi connectivity index (χ1n) is 9.00. The number of nitrogens with one attached hydrogen (secondary N) is 2. The minimum absolute atomic E-state index is 0.132. The molecule has 6 heteroatoms. The molecule has 0 spiro atoms. The molecule has 0 atom stereocenters. The van der Waals surface area contributed by atoms with Crippen molar-refractivity contribution in [3.05, 3.63) is 11.7 Å². The fraction of sp³-hybridized carbons (Fsp3) is 0.824. The molecule has 1 aliphatic heterocycles. The van der Waals surface area contributed by atoms with Gasteiger partial charge in [0.25, 0.3) is 0 Å². The maximum atomic E-state index is 12.5. The maximum absolute atomic E-state index is 12.5. The number of rotatable bonds is 5. The van der Waals surface area contributed by atoms with Crippen LogP contribution in [0.3, 0.4) is 0 Å². The van der Waals surface area contributed by atoms with Gasteiger partial charge in [0.05, 0.1) is 0 Å². The summed E-state index contributed by atoms with van der Waals surface area (Å²) in [6, 6.07) is 0. The van der Waals surface area contributed by atoms with Gasteiger partial charge in [-0.2, -0.15) is 4.98 Å². The van der Waals surface area contributed by atoms with Gasteiger partial charge in [-0.1, -0.05) is 24.4 Å². The Morgan fingerprint density at radius 1 is 1.30 bits per heavy atom. The summed E-state index contributed by atoms with van der Waals surface area (Å²) >= 11 is 0. The zero-order valence-corrected chi connectivity index (χ0v) is 14.1. The van der Waals surface area contributed by atoms with Gasteiger partial charge in [-0.15, -0.1) is 0 Å². The summed E-state index contributed by atoms with van der Waals surface area (Å²) in [4.78, 5) is 16.9. The molecular formula is C17H28N4O2. The third kappa shape index (κ3) is 4.10. The average Bonchev–Trinajstić information content (AvgIpc) is 3.02. The quantitative estimate of drug-likeness (QED) is 0.871. The van der Waals surface area contributed by atoms with Crippen LogP contribution in [0.25, 0.3) is 0 Å². The number of hydrogen-bond acceptors (Lipinski definition) is 5. The van der Waals surface area contributed by atoms with Crippen LogP contribution in [0, 0.1) is 12.8 Å². The van der Waals surface area contributed by atoms with E-state index < -0.39 is 5.54 Å². The van der Waals surface area contributed by atoms with Crippen LogP contribution in [-0.2, 0) is 10.3 Å². The normalized spacial score (nSPS) is 22.0. The van der Waals surface area contributed by atoms with Crippen LogP contribution in [0.5, 0.6) is 0 Å². The summed E-state index contributed by atoms with van der Waals surface area (Å²) in [5.41, 5.74) is -0.415. The smallest absolute Gasteiger partial charge is 0.223 e. The van der Waals surface area contributed by atoms with Gasteiger partial charge >= 0.3 is 0 Å². The topological polar surface area (TPSA) is 80.0 Å². The molecule has 0 aromatic carbocycles. The lowest BCUT2D eigenvalue weighted by molar-refractivity contribution is -0.124. The van der Waals surface area contributed by atoms with E-state index in [2.05, 4.69) is 20.8 Å². The molecule has 1 aromatic heterocycles. The molecule has 2 N–H and O–H groups in total. The second-order valence-electron chi connectivity index (χ2n) is 7.06. The lowest BCUT2D eigenvalue weighted by Crippen LogP contribution is -2.48. The van der Waals surface area contributed by atoms with Crippen LogP contribution >= 0.6 is 0 Å². The van der Waals surface area contributed by atoms with Crippen LogP contribution in [0.1, 0.15) is 69.5 Å². The van der Waals surface area contributed by atoms with Gasteiger partial charge in [-0.3, -0.25) is 4.79 Å². The van der Waals surface area contributed by atoms with E-state index in [0.717, 1.165) is 45.2 Å². The third-order valence-corrected chi connectivity index (χ3v) is 5.28. The summed E-state index contributed by atoms with van der Waals surface area (Å²) in [5, 5.41) is 10.7. The number of carbonyl (C=O) groups excluding carboxylic acids is 1. The molecule has 0 unspecified atom stereocenters. The van der Waals surface area contributed by atoms with Crippen LogP contribution in [-0.4, -0.2) is 29.1 Å². The zero-order chi connectivity index (χ0) is 16.1. The molecule has 3 rings (SSSR count). The van der Waals surface area contributed by atoms with E-state index >= 15 is 0 Å². The highest BCUT2D eigenvalue weighted by atomic mass is 16.5. The second kappa shape index (κ2) is 7.43. The van der Waals surface area contributed by atoms with E-state index in [9.17, 15) is 4.79 Å². The molecule has 2 aliphatic rings. The van der Waals surface area contributed by atoms with E-state index in [0.29, 0.717) is 24.1 Å². The molecule has 2 heterocycles. The van der Waals surface area contributed by atoms with Crippen LogP contribution in [0.15, 0.2) is 4.52 Å². The Hall–Kier alpha value is -1.43. The molecule has 1 aliphatic carbocycles. The van der Waals surface area contributed by atoms with Crippen LogP contribution in [0.4, 0.5) is 0 Å². The minimum atomic E-state index is -0.415. The summed E-state index contributed by atoms with van der Waals surface area (Å²) in [6.45, 7) is 3.96. The number of aromatic nitrogens is 2. The second-order valence-corrected chi connectivity index (χ2v) is 7.06. The fourth-order valence-corrected chi connectivity index (χ4v) is 3.89. The van der Waals surface area contributed by atoms with Crippen LogP contribution in [0.2, 0.25) is 0 Å². The summed E-state index contributed by atoms with van der Waals surface area (Å²) < 4.78 is 5.16. The number of piperidine rings is 1. The Labute approximate surface area is 137 Å². The van der Waals surface area contributed by atoms with Crippen molar-refractivity contribution in [1.29, 1.82) is 0 Å². The Balaban J connectivity index is 1.60. The van der Waals surface area contributed by atoms with Gasteiger partial charge in [-0.05, 0) is 51.1 Å². The number of amides is 1. The number of carbonyl (C=O) groups is 1. The van der Waals surface area contributed by atoms with Gasteiger partial charge < -0.3 is 15.2 Å². The van der Waals surface area contributed by atoms with Gasteiger partial charge in [0.15, 0.2) is 5.82 Å². The molecule has 0 bridgehead atoms. The highest BCUT2D eigenvalue weighted by Crippen LogP contribution is 2.35.